The molecule has 0 spiro atoms. The average Bonchev–Trinajstić information content (AvgIpc) is 3.79. The van der Waals surface area contributed by atoms with Crippen LogP contribution < -0.4 is 16.0 Å². The van der Waals surface area contributed by atoms with Crippen molar-refractivity contribution in [3.05, 3.63) is 65.0 Å². The zero-order valence-electron chi connectivity index (χ0n) is 25.7. The fourth-order valence-corrected chi connectivity index (χ4v) is 4.64. The molecule has 11 heteroatoms. The second-order valence-corrected chi connectivity index (χ2v) is 11.3. The lowest BCUT2D eigenvalue weighted by Crippen LogP contribution is -2.39. The Bertz CT molecular complexity index is 1520. The van der Waals surface area contributed by atoms with E-state index in [1.54, 1.807) is 11.0 Å². The summed E-state index contributed by atoms with van der Waals surface area (Å²) >= 11 is 0. The number of rotatable bonds is 7. The van der Waals surface area contributed by atoms with Crippen LogP contribution in [0.1, 0.15) is 81.6 Å². The van der Waals surface area contributed by atoms with Gasteiger partial charge in [-0.1, -0.05) is 26.0 Å². The Kier molecular flexibility index (Phi) is 9.49. The molecule has 1 fully saturated rings. The van der Waals surface area contributed by atoms with Gasteiger partial charge in [-0.05, 0) is 82.3 Å². The van der Waals surface area contributed by atoms with Crippen molar-refractivity contribution in [1.82, 2.24) is 25.2 Å². The van der Waals surface area contributed by atoms with E-state index in [4.69, 9.17) is 4.74 Å². The van der Waals surface area contributed by atoms with Crippen molar-refractivity contribution in [2.75, 3.05) is 23.7 Å². The summed E-state index contributed by atoms with van der Waals surface area (Å²) in [6.07, 6.45) is 3.42. The van der Waals surface area contributed by atoms with E-state index in [1.807, 2.05) is 71.9 Å². The molecule has 2 aromatic heterocycles. The first-order valence-corrected chi connectivity index (χ1v) is 14.8. The molecule has 43 heavy (non-hydrogen) atoms. The minimum atomic E-state index is -0.541. The molecule has 0 unspecified atom stereocenters. The number of carbonyl (C=O) groups is 2. The van der Waals surface area contributed by atoms with Gasteiger partial charge in [0.2, 0.25) is 5.95 Å². The summed E-state index contributed by atoms with van der Waals surface area (Å²) in [5.41, 5.74) is 2.87. The summed E-state index contributed by atoms with van der Waals surface area (Å²) in [6, 6.07) is 13.7. The zero-order chi connectivity index (χ0) is 31.2. The minimum absolute atomic E-state index is 0.277. The van der Waals surface area contributed by atoms with Gasteiger partial charge in [-0.25, -0.2) is 14.8 Å². The number of nitrogens with zero attached hydrogens (tertiary/aromatic N) is 5. The molecular weight excluding hydrogens is 544 g/mol. The highest BCUT2D eigenvalue weighted by Gasteiger charge is 2.46. The average molecular weight is 585 g/mol. The van der Waals surface area contributed by atoms with Gasteiger partial charge in [0.05, 0.1) is 17.2 Å². The Morgan fingerprint density at radius 2 is 1.86 bits per heavy atom. The lowest BCUT2D eigenvalue weighted by molar-refractivity contribution is 0.0224. The summed E-state index contributed by atoms with van der Waals surface area (Å²) < 4.78 is 5.53. The Labute approximate surface area is 253 Å². The van der Waals surface area contributed by atoms with Crippen molar-refractivity contribution in [1.29, 1.82) is 5.26 Å². The number of benzene rings is 1. The second-order valence-electron chi connectivity index (χ2n) is 11.3. The van der Waals surface area contributed by atoms with Crippen LogP contribution in [0.15, 0.2) is 42.6 Å². The Hall–Kier alpha value is -4.72. The molecule has 3 aromatic rings. The van der Waals surface area contributed by atoms with Crippen molar-refractivity contribution in [3.63, 3.8) is 0 Å². The molecule has 1 aliphatic heterocycles. The highest BCUT2D eigenvalue weighted by molar-refractivity contribution is 5.99. The van der Waals surface area contributed by atoms with Gasteiger partial charge >= 0.3 is 6.09 Å². The fraction of sp³-hybridized carbons (Fsp3) is 0.438. The molecule has 2 aliphatic rings. The highest BCUT2D eigenvalue weighted by Crippen LogP contribution is 2.46. The second kappa shape index (κ2) is 13.1. The van der Waals surface area contributed by atoms with E-state index in [0.29, 0.717) is 49.3 Å². The molecule has 5 rings (SSSR count). The third kappa shape index (κ3) is 7.57. The summed E-state index contributed by atoms with van der Waals surface area (Å²) in [7, 11) is 0. The van der Waals surface area contributed by atoms with Crippen molar-refractivity contribution in [2.24, 2.45) is 0 Å². The molecular formula is C32H40N8O3. The van der Waals surface area contributed by atoms with Crippen LogP contribution >= 0.6 is 0 Å². The number of anilines is 4. The van der Waals surface area contributed by atoms with Crippen LogP contribution in [0.3, 0.4) is 0 Å². The highest BCUT2D eigenvalue weighted by atomic mass is 16.6. The van der Waals surface area contributed by atoms with Crippen molar-refractivity contribution >= 4 is 35.3 Å². The van der Waals surface area contributed by atoms with Gasteiger partial charge in [-0.2, -0.15) is 10.2 Å². The molecule has 3 N–H and O–H groups in total. The van der Waals surface area contributed by atoms with Crippen LogP contribution in [-0.4, -0.2) is 50.5 Å². The van der Waals surface area contributed by atoms with E-state index in [-0.39, 0.29) is 17.6 Å². The van der Waals surface area contributed by atoms with Crippen molar-refractivity contribution in [3.8, 4) is 6.07 Å². The number of nitrogens with one attached hydrogen (secondary N) is 3. The third-order valence-electron chi connectivity index (χ3n) is 6.95. The molecule has 1 aliphatic carbocycles. The van der Waals surface area contributed by atoms with Gasteiger partial charge in [-0.3, -0.25) is 4.79 Å². The van der Waals surface area contributed by atoms with E-state index < -0.39 is 11.0 Å². The van der Waals surface area contributed by atoms with E-state index in [2.05, 4.69) is 37.0 Å². The number of nitriles is 1. The molecule has 1 saturated carbocycles. The van der Waals surface area contributed by atoms with Crippen LogP contribution in [0.2, 0.25) is 0 Å². The van der Waals surface area contributed by atoms with Gasteiger partial charge in [0.25, 0.3) is 5.91 Å². The number of carbonyl (C=O) groups excluding carboxylic acids is 2. The molecule has 2 amide bonds. The van der Waals surface area contributed by atoms with Crippen LogP contribution in [0.25, 0.3) is 0 Å². The lowest BCUT2D eigenvalue weighted by Gasteiger charge is -2.31. The molecule has 1 aromatic carbocycles. The maximum Gasteiger partial charge on any atom is 0.410 e. The van der Waals surface area contributed by atoms with Gasteiger partial charge in [0.15, 0.2) is 0 Å². The van der Waals surface area contributed by atoms with Gasteiger partial charge in [-0.15, -0.1) is 0 Å². The monoisotopic (exact) mass is 584 g/mol. The smallest absolute Gasteiger partial charge is 0.410 e. The fourth-order valence-electron chi connectivity index (χ4n) is 4.64. The zero-order valence-corrected chi connectivity index (χ0v) is 25.7. The largest absolute Gasteiger partial charge is 0.444 e. The van der Waals surface area contributed by atoms with Gasteiger partial charge < -0.3 is 25.6 Å². The number of hydrogen-bond acceptors (Lipinski definition) is 9. The quantitative estimate of drug-likeness (QED) is 0.305. The molecule has 0 saturated heterocycles. The topological polar surface area (TPSA) is 145 Å². The Morgan fingerprint density at radius 3 is 2.53 bits per heavy atom. The van der Waals surface area contributed by atoms with Gasteiger partial charge in [0.1, 0.15) is 22.8 Å². The molecule has 11 nitrogen and oxygen atoms in total. The van der Waals surface area contributed by atoms with Crippen LogP contribution in [-0.2, 0) is 23.1 Å². The SMILES string of the molecule is CC.CCNC(=O)c1cnc(Nc2ccc3c(c2)CCN(C(=O)OC(C)(C)C)C3)nc1Nc1cccc(C2(C#N)CC2)n1. The summed E-state index contributed by atoms with van der Waals surface area (Å²) in [4.78, 5) is 40.6. The number of aromatic nitrogens is 3. The first-order chi connectivity index (χ1) is 20.6. The number of hydrogen-bond donors (Lipinski definition) is 3. The first-order valence-electron chi connectivity index (χ1n) is 14.8. The van der Waals surface area contributed by atoms with Crippen molar-refractivity contribution in [2.45, 2.75) is 78.4 Å². The lowest BCUT2D eigenvalue weighted by atomic mass is 9.99. The molecule has 0 atom stereocenters. The Morgan fingerprint density at radius 1 is 1.09 bits per heavy atom. The maximum absolute atomic E-state index is 12.8. The number of fused-ring (bicyclic) bond motifs is 1. The number of amides is 2. The minimum Gasteiger partial charge on any atom is -0.444 e. The summed E-state index contributed by atoms with van der Waals surface area (Å²) in [5.74, 6) is 0.781. The predicted molar refractivity (Wildman–Crippen MR) is 166 cm³/mol. The standard InChI is InChI=1S/C30H34N8O3.C2H6/c1-5-32-26(39)22-16-33-27(37-25(22)36-24-8-6-7-23(35-24)30(18-31)12-13-30)34-21-10-9-20-17-38(14-11-19(20)15-21)28(40)41-29(2,3)4;1-2/h6-10,15-16H,5,11-14,17H2,1-4H3,(H,32,39)(H2,33,34,35,36,37);1-2H3. The maximum atomic E-state index is 12.8. The van der Waals surface area contributed by atoms with E-state index >= 15 is 0 Å². The van der Waals surface area contributed by atoms with Crippen molar-refractivity contribution < 1.29 is 14.3 Å². The first kappa shape index (κ1) is 31.2. The molecule has 226 valence electrons. The number of ether oxygens (including phenoxy) is 1. The molecule has 0 radical (unpaired) electrons. The van der Waals surface area contributed by atoms with Crippen LogP contribution in [0.4, 0.5) is 28.1 Å². The molecule has 0 bridgehead atoms. The summed E-state index contributed by atoms with van der Waals surface area (Å²) in [5, 5.41) is 18.8. The van der Waals surface area contributed by atoms with E-state index in [0.717, 1.165) is 29.7 Å². The van der Waals surface area contributed by atoms with Gasteiger partial charge in [0, 0.05) is 31.5 Å². The van der Waals surface area contributed by atoms with Crippen LogP contribution in [0, 0.1) is 11.3 Å². The van der Waals surface area contributed by atoms with E-state index in [1.165, 1.54) is 6.20 Å². The van der Waals surface area contributed by atoms with E-state index in [9.17, 15) is 14.9 Å². The Balaban J connectivity index is 0.00000207. The van der Waals surface area contributed by atoms with Crippen LogP contribution in [0.5, 0.6) is 0 Å². The normalized spacial score (nSPS) is 14.7. The summed E-state index contributed by atoms with van der Waals surface area (Å²) in [6.45, 7) is 12.9. The predicted octanol–water partition coefficient (Wildman–Crippen LogP) is 5.98. The third-order valence-corrected chi connectivity index (χ3v) is 6.95. The molecule has 3 heterocycles. The number of pyridine rings is 1.